The smallest absolute Gasteiger partial charge is 0.294 e. The molecule has 3 heterocycles. The standard InChI is InChI=1S/C28H30N4O3/c1-20-10-12-21(13-11-20)18-32-25-9-3-2-8-24(25)30-26(28(32)34)31-16-4-6-22(19-31)27(33)29-15-14-23-7-5-17-35-23/h2-3,5,7-13,17,22H,4,6,14-16,18-19H2,1H3,(H,29,33)/t22-/m0/s1. The molecule has 0 bridgehead atoms. The molecule has 0 unspecified atom stereocenters. The number of para-hydroxylation sites is 2. The predicted octanol–water partition coefficient (Wildman–Crippen LogP) is 3.92. The van der Waals surface area contributed by atoms with Gasteiger partial charge in [-0.3, -0.25) is 14.2 Å². The third-order valence-electron chi connectivity index (χ3n) is 6.64. The van der Waals surface area contributed by atoms with Crippen LogP contribution in [0.15, 0.2) is 76.1 Å². The highest BCUT2D eigenvalue weighted by Gasteiger charge is 2.28. The van der Waals surface area contributed by atoms with Crippen molar-refractivity contribution in [1.29, 1.82) is 0 Å². The third kappa shape index (κ3) is 5.14. The maximum absolute atomic E-state index is 13.7. The van der Waals surface area contributed by atoms with Crippen molar-refractivity contribution in [2.24, 2.45) is 5.92 Å². The summed E-state index contributed by atoms with van der Waals surface area (Å²) in [5.41, 5.74) is 3.71. The van der Waals surface area contributed by atoms with Crippen LogP contribution >= 0.6 is 0 Å². The zero-order valence-corrected chi connectivity index (χ0v) is 19.9. The molecule has 1 atom stereocenters. The van der Waals surface area contributed by atoms with E-state index < -0.39 is 0 Å². The summed E-state index contributed by atoms with van der Waals surface area (Å²) in [5, 5.41) is 3.03. The van der Waals surface area contributed by atoms with E-state index in [0.717, 1.165) is 35.2 Å². The Hall–Kier alpha value is -3.87. The van der Waals surface area contributed by atoms with Crippen molar-refractivity contribution in [2.75, 3.05) is 24.5 Å². The number of aromatic nitrogens is 2. The topological polar surface area (TPSA) is 80.4 Å². The van der Waals surface area contributed by atoms with E-state index in [1.54, 1.807) is 10.8 Å². The van der Waals surface area contributed by atoms with Gasteiger partial charge in [-0.1, -0.05) is 42.0 Å². The van der Waals surface area contributed by atoms with E-state index in [1.165, 1.54) is 5.56 Å². The lowest BCUT2D eigenvalue weighted by Gasteiger charge is -2.32. The zero-order chi connectivity index (χ0) is 24.2. The summed E-state index contributed by atoms with van der Waals surface area (Å²) < 4.78 is 7.14. The molecule has 2 aromatic carbocycles. The summed E-state index contributed by atoms with van der Waals surface area (Å²) in [7, 11) is 0. The Morgan fingerprint density at radius 2 is 1.94 bits per heavy atom. The van der Waals surface area contributed by atoms with Crippen molar-refractivity contribution < 1.29 is 9.21 Å². The van der Waals surface area contributed by atoms with Crippen LogP contribution in [-0.2, 0) is 17.8 Å². The van der Waals surface area contributed by atoms with E-state index in [0.29, 0.717) is 38.4 Å². The summed E-state index contributed by atoms with van der Waals surface area (Å²) in [6, 6.07) is 19.7. The number of amides is 1. The van der Waals surface area contributed by atoms with Gasteiger partial charge in [-0.15, -0.1) is 0 Å². The number of rotatable bonds is 7. The number of nitrogens with zero attached hydrogens (tertiary/aromatic N) is 3. The van der Waals surface area contributed by atoms with Gasteiger partial charge in [-0.2, -0.15) is 0 Å². The molecule has 180 valence electrons. The molecule has 1 aliphatic heterocycles. The fourth-order valence-electron chi connectivity index (χ4n) is 4.71. The van der Waals surface area contributed by atoms with Gasteiger partial charge < -0.3 is 14.6 Å². The lowest BCUT2D eigenvalue weighted by atomic mass is 9.97. The van der Waals surface area contributed by atoms with Crippen LogP contribution < -0.4 is 15.8 Å². The number of aryl methyl sites for hydroxylation is 1. The van der Waals surface area contributed by atoms with Crippen molar-refractivity contribution in [3.63, 3.8) is 0 Å². The normalized spacial score (nSPS) is 15.9. The molecule has 7 nitrogen and oxygen atoms in total. The van der Waals surface area contributed by atoms with Gasteiger partial charge in [-0.05, 0) is 49.6 Å². The molecule has 0 spiro atoms. The predicted molar refractivity (Wildman–Crippen MR) is 137 cm³/mol. The van der Waals surface area contributed by atoms with E-state index in [2.05, 4.69) is 36.5 Å². The van der Waals surface area contributed by atoms with Crippen LogP contribution in [0.5, 0.6) is 0 Å². The molecule has 1 N–H and O–H groups in total. The molecule has 7 heteroatoms. The summed E-state index contributed by atoms with van der Waals surface area (Å²) in [6.07, 6.45) is 3.93. The second kappa shape index (κ2) is 10.2. The number of fused-ring (bicyclic) bond motifs is 1. The number of hydrogen-bond acceptors (Lipinski definition) is 5. The number of benzene rings is 2. The van der Waals surface area contributed by atoms with Gasteiger partial charge in [0.05, 0.1) is 29.8 Å². The molecule has 1 saturated heterocycles. The molecule has 4 aromatic rings. The van der Waals surface area contributed by atoms with Crippen LogP contribution in [0.1, 0.15) is 29.7 Å². The Morgan fingerprint density at radius 3 is 2.74 bits per heavy atom. The lowest BCUT2D eigenvalue weighted by Crippen LogP contribution is -2.46. The number of carbonyl (C=O) groups is 1. The molecular weight excluding hydrogens is 440 g/mol. The first-order chi connectivity index (χ1) is 17.1. The number of furan rings is 1. The van der Waals surface area contributed by atoms with Gasteiger partial charge in [0.15, 0.2) is 5.82 Å². The molecular formula is C28H30N4O3. The summed E-state index contributed by atoms with van der Waals surface area (Å²) in [5.74, 6) is 1.11. The Balaban J connectivity index is 1.37. The Bertz CT molecular complexity index is 1360. The molecule has 0 saturated carbocycles. The SMILES string of the molecule is Cc1ccc(Cn2c(=O)c(N3CCC[C@H](C(=O)NCCc4ccco4)C3)nc3ccccc32)cc1. The van der Waals surface area contributed by atoms with E-state index in [1.807, 2.05) is 41.3 Å². The summed E-state index contributed by atoms with van der Waals surface area (Å²) >= 11 is 0. The van der Waals surface area contributed by atoms with Gasteiger partial charge in [0, 0.05) is 26.1 Å². The van der Waals surface area contributed by atoms with Gasteiger partial charge in [0.25, 0.3) is 5.56 Å². The Labute approximate surface area is 204 Å². The molecule has 1 amide bonds. The zero-order valence-electron chi connectivity index (χ0n) is 19.9. The van der Waals surface area contributed by atoms with E-state index in [9.17, 15) is 9.59 Å². The molecule has 0 aliphatic carbocycles. The quantitative estimate of drug-likeness (QED) is 0.443. The van der Waals surface area contributed by atoms with Gasteiger partial charge >= 0.3 is 0 Å². The van der Waals surface area contributed by atoms with Crippen molar-refractivity contribution in [3.8, 4) is 0 Å². The minimum Gasteiger partial charge on any atom is -0.469 e. The number of piperidine rings is 1. The molecule has 5 rings (SSSR count). The maximum Gasteiger partial charge on any atom is 0.294 e. The first-order valence-corrected chi connectivity index (χ1v) is 12.2. The van der Waals surface area contributed by atoms with Crippen molar-refractivity contribution in [2.45, 2.75) is 32.7 Å². The maximum atomic E-state index is 13.7. The van der Waals surface area contributed by atoms with Crippen LogP contribution in [0.3, 0.4) is 0 Å². The fraction of sp³-hybridized carbons (Fsp3) is 0.321. The summed E-state index contributed by atoms with van der Waals surface area (Å²) in [4.78, 5) is 33.3. The van der Waals surface area contributed by atoms with E-state index >= 15 is 0 Å². The average molecular weight is 471 g/mol. The number of carbonyl (C=O) groups excluding carboxylic acids is 1. The number of anilines is 1. The molecule has 1 aliphatic rings. The highest BCUT2D eigenvalue weighted by molar-refractivity contribution is 5.80. The van der Waals surface area contributed by atoms with Crippen LogP contribution in [0.2, 0.25) is 0 Å². The first kappa shape index (κ1) is 22.9. The second-order valence-corrected chi connectivity index (χ2v) is 9.21. The first-order valence-electron chi connectivity index (χ1n) is 12.2. The molecule has 35 heavy (non-hydrogen) atoms. The van der Waals surface area contributed by atoms with Crippen LogP contribution in [0.4, 0.5) is 5.82 Å². The van der Waals surface area contributed by atoms with Crippen molar-refractivity contribution in [3.05, 3.63) is 94.2 Å². The highest BCUT2D eigenvalue weighted by atomic mass is 16.3. The largest absolute Gasteiger partial charge is 0.469 e. The minimum absolute atomic E-state index is 0.0158. The van der Waals surface area contributed by atoms with Crippen molar-refractivity contribution >= 4 is 22.8 Å². The summed E-state index contributed by atoms with van der Waals surface area (Å²) in [6.45, 7) is 4.24. The lowest BCUT2D eigenvalue weighted by molar-refractivity contribution is -0.125. The molecule has 0 radical (unpaired) electrons. The molecule has 1 fully saturated rings. The van der Waals surface area contributed by atoms with Crippen LogP contribution in [0, 0.1) is 12.8 Å². The van der Waals surface area contributed by atoms with Gasteiger partial charge in [0.1, 0.15) is 5.76 Å². The van der Waals surface area contributed by atoms with Gasteiger partial charge in [-0.25, -0.2) is 4.98 Å². The van der Waals surface area contributed by atoms with E-state index in [-0.39, 0.29) is 17.4 Å². The average Bonchev–Trinajstić information content (AvgIpc) is 3.40. The monoisotopic (exact) mass is 470 g/mol. The number of hydrogen-bond donors (Lipinski definition) is 1. The van der Waals surface area contributed by atoms with Crippen LogP contribution in [0.25, 0.3) is 11.0 Å². The fourth-order valence-corrected chi connectivity index (χ4v) is 4.71. The van der Waals surface area contributed by atoms with Crippen molar-refractivity contribution in [1.82, 2.24) is 14.9 Å². The third-order valence-corrected chi connectivity index (χ3v) is 6.64. The Morgan fingerprint density at radius 1 is 1.11 bits per heavy atom. The number of nitrogens with one attached hydrogen (secondary N) is 1. The molecule has 2 aromatic heterocycles. The second-order valence-electron chi connectivity index (χ2n) is 9.21. The van der Waals surface area contributed by atoms with E-state index in [4.69, 9.17) is 9.40 Å². The van der Waals surface area contributed by atoms with Gasteiger partial charge in [0.2, 0.25) is 5.91 Å². The minimum atomic E-state index is -0.182. The van der Waals surface area contributed by atoms with Crippen LogP contribution in [-0.4, -0.2) is 35.1 Å². The Kier molecular flexibility index (Phi) is 6.66. The highest BCUT2D eigenvalue weighted by Crippen LogP contribution is 2.22.